The van der Waals surface area contributed by atoms with Crippen LogP contribution in [0, 0.1) is 0 Å². The summed E-state index contributed by atoms with van der Waals surface area (Å²) in [4.78, 5) is 18.4. The lowest BCUT2D eigenvalue weighted by atomic mass is 10.1. The van der Waals surface area contributed by atoms with Crippen LogP contribution in [0.3, 0.4) is 0 Å². The van der Waals surface area contributed by atoms with Gasteiger partial charge in [-0.3, -0.25) is 15.1 Å². The van der Waals surface area contributed by atoms with Crippen molar-refractivity contribution in [3.05, 3.63) is 29.6 Å². The molecule has 1 atom stereocenters. The Morgan fingerprint density at radius 2 is 2.30 bits per heavy atom. The standard InChI is InChI=1S/C15H24N4O/c1-2-13-8-4-3-5-10-19(13)11-12-7-6-9-14(17-12)15(20)18-16/h6-7,9,13H,2-5,8,10-11,16H2,1H3,(H,18,20). The lowest BCUT2D eigenvalue weighted by molar-refractivity contribution is 0.0948. The molecule has 2 heterocycles. The molecule has 20 heavy (non-hydrogen) atoms. The van der Waals surface area contributed by atoms with Crippen LogP contribution in [0.4, 0.5) is 0 Å². The number of rotatable bonds is 4. The highest BCUT2D eigenvalue weighted by Gasteiger charge is 2.20. The first kappa shape index (κ1) is 14.9. The first-order chi connectivity index (χ1) is 9.74. The van der Waals surface area contributed by atoms with Crippen LogP contribution >= 0.6 is 0 Å². The number of amides is 1. The summed E-state index contributed by atoms with van der Waals surface area (Å²) in [7, 11) is 0. The van der Waals surface area contributed by atoms with Gasteiger partial charge in [-0.25, -0.2) is 10.8 Å². The van der Waals surface area contributed by atoms with E-state index in [2.05, 4.69) is 22.2 Å². The minimum atomic E-state index is -0.338. The molecule has 3 N–H and O–H groups in total. The maximum atomic E-state index is 11.5. The average Bonchev–Trinajstić information content (AvgIpc) is 2.71. The summed E-state index contributed by atoms with van der Waals surface area (Å²) in [6, 6.07) is 6.16. The Kier molecular flexibility index (Phi) is 5.49. The lowest BCUT2D eigenvalue weighted by Crippen LogP contribution is -2.34. The van der Waals surface area contributed by atoms with Crippen molar-refractivity contribution in [2.24, 2.45) is 5.84 Å². The molecule has 0 radical (unpaired) electrons. The molecule has 1 amide bonds. The molecule has 0 spiro atoms. The minimum Gasteiger partial charge on any atom is -0.295 e. The van der Waals surface area contributed by atoms with Gasteiger partial charge >= 0.3 is 0 Å². The predicted molar refractivity (Wildman–Crippen MR) is 78.8 cm³/mol. The highest BCUT2D eigenvalue weighted by molar-refractivity contribution is 5.91. The summed E-state index contributed by atoms with van der Waals surface area (Å²) < 4.78 is 0. The second-order valence-electron chi connectivity index (χ2n) is 5.37. The van der Waals surface area contributed by atoms with Gasteiger partial charge in [0.15, 0.2) is 0 Å². The van der Waals surface area contributed by atoms with Gasteiger partial charge in [0.25, 0.3) is 5.91 Å². The third kappa shape index (κ3) is 3.77. The van der Waals surface area contributed by atoms with Gasteiger partial charge in [-0.05, 0) is 37.9 Å². The predicted octanol–water partition coefficient (Wildman–Crippen LogP) is 1.84. The van der Waals surface area contributed by atoms with E-state index in [1.807, 2.05) is 12.1 Å². The number of likely N-dealkylation sites (tertiary alicyclic amines) is 1. The number of pyridine rings is 1. The van der Waals surface area contributed by atoms with Gasteiger partial charge in [-0.2, -0.15) is 0 Å². The molecule has 5 nitrogen and oxygen atoms in total. The third-order valence-corrected chi connectivity index (χ3v) is 4.01. The fourth-order valence-corrected chi connectivity index (χ4v) is 2.88. The number of hydrogen-bond donors (Lipinski definition) is 2. The van der Waals surface area contributed by atoms with E-state index in [0.29, 0.717) is 11.7 Å². The van der Waals surface area contributed by atoms with Crippen LogP contribution < -0.4 is 11.3 Å². The zero-order valence-electron chi connectivity index (χ0n) is 12.1. The molecular weight excluding hydrogens is 252 g/mol. The van der Waals surface area contributed by atoms with Gasteiger partial charge in [-0.15, -0.1) is 0 Å². The number of aromatic nitrogens is 1. The molecule has 1 aromatic rings. The zero-order valence-corrected chi connectivity index (χ0v) is 12.1. The number of carbonyl (C=O) groups excluding carboxylic acids is 1. The molecular formula is C15H24N4O. The van der Waals surface area contributed by atoms with Crippen LogP contribution in [-0.4, -0.2) is 28.4 Å². The maximum Gasteiger partial charge on any atom is 0.283 e. The van der Waals surface area contributed by atoms with E-state index in [0.717, 1.165) is 18.8 Å². The van der Waals surface area contributed by atoms with Gasteiger partial charge in [0.1, 0.15) is 5.69 Å². The molecule has 110 valence electrons. The molecule has 0 aromatic carbocycles. The molecule has 2 rings (SSSR count). The van der Waals surface area contributed by atoms with Crippen LogP contribution in [-0.2, 0) is 6.54 Å². The minimum absolute atomic E-state index is 0.338. The van der Waals surface area contributed by atoms with Crippen molar-refractivity contribution in [2.45, 2.75) is 51.6 Å². The van der Waals surface area contributed by atoms with Crippen molar-refractivity contribution in [3.8, 4) is 0 Å². The first-order valence-corrected chi connectivity index (χ1v) is 7.45. The van der Waals surface area contributed by atoms with Gasteiger partial charge < -0.3 is 0 Å². The van der Waals surface area contributed by atoms with Crippen LogP contribution in [0.1, 0.15) is 55.2 Å². The molecule has 1 unspecified atom stereocenters. The number of hydrogen-bond acceptors (Lipinski definition) is 4. The first-order valence-electron chi connectivity index (χ1n) is 7.45. The largest absolute Gasteiger partial charge is 0.295 e. The summed E-state index contributed by atoms with van der Waals surface area (Å²) in [5.74, 6) is 4.81. The highest BCUT2D eigenvalue weighted by Crippen LogP contribution is 2.20. The van der Waals surface area contributed by atoms with Crippen molar-refractivity contribution >= 4 is 5.91 Å². The van der Waals surface area contributed by atoms with Crippen molar-refractivity contribution in [2.75, 3.05) is 6.54 Å². The molecule has 1 aromatic heterocycles. The third-order valence-electron chi connectivity index (χ3n) is 4.01. The van der Waals surface area contributed by atoms with Gasteiger partial charge in [0, 0.05) is 12.6 Å². The van der Waals surface area contributed by atoms with E-state index in [4.69, 9.17) is 5.84 Å². The smallest absolute Gasteiger partial charge is 0.283 e. The van der Waals surface area contributed by atoms with Gasteiger partial charge in [-0.1, -0.05) is 25.8 Å². The van der Waals surface area contributed by atoms with Crippen molar-refractivity contribution in [1.29, 1.82) is 0 Å². The number of nitrogens with two attached hydrogens (primary N) is 1. The highest BCUT2D eigenvalue weighted by atomic mass is 16.2. The summed E-state index contributed by atoms with van der Waals surface area (Å²) in [6.07, 6.45) is 6.32. The lowest BCUT2D eigenvalue weighted by Gasteiger charge is -2.28. The fourth-order valence-electron chi connectivity index (χ4n) is 2.88. The number of nitrogens with zero attached hydrogens (tertiary/aromatic N) is 2. The SMILES string of the molecule is CCC1CCCCCN1Cc1cccc(C(=O)NN)n1. The van der Waals surface area contributed by atoms with Crippen molar-refractivity contribution in [3.63, 3.8) is 0 Å². The molecule has 5 heteroatoms. The number of nitrogens with one attached hydrogen (secondary N) is 1. The van der Waals surface area contributed by atoms with Crippen LogP contribution in [0.15, 0.2) is 18.2 Å². The Morgan fingerprint density at radius 1 is 1.45 bits per heavy atom. The Bertz CT molecular complexity index is 449. The second-order valence-corrected chi connectivity index (χ2v) is 5.37. The molecule has 0 aliphatic carbocycles. The monoisotopic (exact) mass is 276 g/mol. The van der Waals surface area contributed by atoms with E-state index in [1.165, 1.54) is 32.1 Å². The van der Waals surface area contributed by atoms with Gasteiger partial charge in [0.05, 0.1) is 5.69 Å². The number of nitrogen functional groups attached to an aromatic ring is 1. The second kappa shape index (κ2) is 7.36. The molecule has 1 aliphatic rings. The summed E-state index contributed by atoms with van der Waals surface area (Å²) >= 11 is 0. The average molecular weight is 276 g/mol. The van der Waals surface area contributed by atoms with E-state index in [-0.39, 0.29) is 5.91 Å². The summed E-state index contributed by atoms with van der Waals surface area (Å²) in [5.41, 5.74) is 3.45. The normalized spacial score (nSPS) is 20.4. The number of hydrazine groups is 1. The topological polar surface area (TPSA) is 71.2 Å². The summed E-state index contributed by atoms with van der Waals surface area (Å²) in [5, 5.41) is 0. The fraction of sp³-hybridized carbons (Fsp3) is 0.600. The van der Waals surface area contributed by atoms with Crippen LogP contribution in [0.5, 0.6) is 0 Å². The van der Waals surface area contributed by atoms with E-state index in [9.17, 15) is 4.79 Å². The molecule has 0 saturated carbocycles. The molecule has 1 saturated heterocycles. The molecule has 0 bridgehead atoms. The van der Waals surface area contributed by atoms with E-state index >= 15 is 0 Å². The Balaban J connectivity index is 2.09. The van der Waals surface area contributed by atoms with Crippen LogP contribution in [0.2, 0.25) is 0 Å². The van der Waals surface area contributed by atoms with Crippen LogP contribution in [0.25, 0.3) is 0 Å². The number of carbonyl (C=O) groups is 1. The quantitative estimate of drug-likeness (QED) is 0.500. The van der Waals surface area contributed by atoms with Crippen molar-refractivity contribution in [1.82, 2.24) is 15.3 Å². The zero-order chi connectivity index (χ0) is 14.4. The Hall–Kier alpha value is -1.46. The van der Waals surface area contributed by atoms with E-state index < -0.39 is 0 Å². The Morgan fingerprint density at radius 3 is 3.05 bits per heavy atom. The Labute approximate surface area is 120 Å². The molecule has 1 aliphatic heterocycles. The van der Waals surface area contributed by atoms with E-state index in [1.54, 1.807) is 6.07 Å². The summed E-state index contributed by atoms with van der Waals surface area (Å²) in [6.45, 7) is 4.17. The van der Waals surface area contributed by atoms with Gasteiger partial charge in [0.2, 0.25) is 0 Å². The maximum absolute atomic E-state index is 11.5. The van der Waals surface area contributed by atoms with Crippen molar-refractivity contribution < 1.29 is 4.79 Å². The molecule has 1 fully saturated rings.